The molecule has 0 saturated heterocycles. The van der Waals surface area contributed by atoms with E-state index in [-0.39, 0.29) is 5.78 Å². The number of ether oxygens (including phenoxy) is 2. The third kappa shape index (κ3) is 3.64. The Hall–Kier alpha value is -1.81. The van der Waals surface area contributed by atoms with Crippen molar-refractivity contribution in [2.24, 2.45) is 0 Å². The summed E-state index contributed by atoms with van der Waals surface area (Å²) in [4.78, 5) is 12.5. The van der Waals surface area contributed by atoms with E-state index in [4.69, 9.17) is 9.47 Å². The first-order chi connectivity index (χ1) is 10.0. The van der Waals surface area contributed by atoms with Gasteiger partial charge in [0.1, 0.15) is 0 Å². The van der Waals surface area contributed by atoms with Gasteiger partial charge >= 0.3 is 0 Å². The van der Waals surface area contributed by atoms with Crippen molar-refractivity contribution in [2.45, 2.75) is 13.3 Å². The Balaban J connectivity index is 2.31. The quantitative estimate of drug-likeness (QED) is 0.759. The van der Waals surface area contributed by atoms with Crippen molar-refractivity contribution >= 4 is 21.7 Å². The Morgan fingerprint density at radius 2 is 1.76 bits per heavy atom. The summed E-state index contributed by atoms with van der Waals surface area (Å²) in [5, 5.41) is 0. The second-order valence-corrected chi connectivity index (χ2v) is 5.63. The van der Waals surface area contributed by atoms with Gasteiger partial charge < -0.3 is 9.47 Å². The molecule has 0 aliphatic heterocycles. The van der Waals surface area contributed by atoms with Gasteiger partial charge in [-0.05, 0) is 40.5 Å². The first kappa shape index (κ1) is 15.6. The van der Waals surface area contributed by atoms with Crippen molar-refractivity contribution in [3.05, 3.63) is 57.6 Å². The molecule has 0 saturated carbocycles. The van der Waals surface area contributed by atoms with Gasteiger partial charge in [-0.2, -0.15) is 0 Å². The van der Waals surface area contributed by atoms with Gasteiger partial charge in [0.15, 0.2) is 17.3 Å². The van der Waals surface area contributed by atoms with Gasteiger partial charge in [0.05, 0.1) is 14.2 Å². The summed E-state index contributed by atoms with van der Waals surface area (Å²) >= 11 is 3.42. The molecule has 0 fully saturated rings. The van der Waals surface area contributed by atoms with Gasteiger partial charge in [-0.1, -0.05) is 29.8 Å². The van der Waals surface area contributed by atoms with Crippen LogP contribution in [-0.4, -0.2) is 20.0 Å². The van der Waals surface area contributed by atoms with Gasteiger partial charge in [0, 0.05) is 16.5 Å². The lowest BCUT2D eigenvalue weighted by Gasteiger charge is -2.11. The Bertz CT molecular complexity index is 665. The van der Waals surface area contributed by atoms with Gasteiger partial charge in [-0.15, -0.1) is 0 Å². The molecule has 2 aromatic rings. The summed E-state index contributed by atoms with van der Waals surface area (Å²) in [6.07, 6.45) is 0.357. The number of Topliss-reactive ketones (excluding diaryl/α,β-unsaturated/α-hetero) is 1. The van der Waals surface area contributed by atoms with Crippen LogP contribution in [0.5, 0.6) is 11.5 Å². The van der Waals surface area contributed by atoms with Crippen LogP contribution in [0.2, 0.25) is 0 Å². The molecule has 0 spiro atoms. The lowest BCUT2D eigenvalue weighted by molar-refractivity contribution is 0.0992. The van der Waals surface area contributed by atoms with Crippen LogP contribution in [0.3, 0.4) is 0 Å². The van der Waals surface area contributed by atoms with E-state index in [0.717, 1.165) is 11.1 Å². The van der Waals surface area contributed by atoms with Crippen LogP contribution in [0.4, 0.5) is 0 Å². The van der Waals surface area contributed by atoms with Crippen LogP contribution >= 0.6 is 15.9 Å². The minimum atomic E-state index is 0.0356. The highest BCUT2D eigenvalue weighted by Crippen LogP contribution is 2.33. The van der Waals surface area contributed by atoms with E-state index in [9.17, 15) is 4.79 Å². The first-order valence-electron chi connectivity index (χ1n) is 6.55. The number of halogens is 1. The number of ketones is 1. The fourth-order valence-electron chi connectivity index (χ4n) is 2.17. The standard InChI is InChI=1S/C17H17BrO3/c1-11-5-4-6-12(7-11)8-15(19)13-9-16(20-2)17(21-3)10-14(13)18/h4-7,9-10H,8H2,1-3H3. The molecule has 0 bridgehead atoms. The number of rotatable bonds is 5. The number of aryl methyl sites for hydroxylation is 1. The molecule has 21 heavy (non-hydrogen) atoms. The van der Waals surface area contributed by atoms with E-state index < -0.39 is 0 Å². The maximum absolute atomic E-state index is 12.5. The first-order valence-corrected chi connectivity index (χ1v) is 7.34. The summed E-state index contributed by atoms with van der Waals surface area (Å²) < 4.78 is 11.2. The Kier molecular flexibility index (Phi) is 5.02. The maximum atomic E-state index is 12.5. The van der Waals surface area contributed by atoms with Crippen molar-refractivity contribution in [3.8, 4) is 11.5 Å². The molecule has 2 rings (SSSR count). The van der Waals surface area contributed by atoms with Crippen LogP contribution in [-0.2, 0) is 6.42 Å². The molecule has 0 heterocycles. The van der Waals surface area contributed by atoms with E-state index in [2.05, 4.69) is 15.9 Å². The number of benzene rings is 2. The molecular formula is C17H17BrO3. The fraction of sp³-hybridized carbons (Fsp3) is 0.235. The molecule has 0 N–H and O–H groups in total. The minimum absolute atomic E-state index is 0.0356. The molecule has 0 aromatic heterocycles. The molecule has 0 aliphatic carbocycles. The van der Waals surface area contributed by atoms with Crippen molar-refractivity contribution in [2.75, 3.05) is 14.2 Å². The van der Waals surface area contributed by atoms with E-state index in [1.807, 2.05) is 31.2 Å². The second kappa shape index (κ2) is 6.76. The van der Waals surface area contributed by atoms with Crippen molar-refractivity contribution in [3.63, 3.8) is 0 Å². The molecule has 0 atom stereocenters. The summed E-state index contributed by atoms with van der Waals surface area (Å²) in [7, 11) is 3.12. The molecule has 0 unspecified atom stereocenters. The average Bonchev–Trinajstić information content (AvgIpc) is 2.46. The van der Waals surface area contributed by atoms with Crippen LogP contribution in [0.15, 0.2) is 40.9 Å². The molecule has 110 valence electrons. The van der Waals surface area contributed by atoms with Gasteiger partial charge in [0.25, 0.3) is 0 Å². The summed E-state index contributed by atoms with van der Waals surface area (Å²) in [6, 6.07) is 11.4. The highest BCUT2D eigenvalue weighted by molar-refractivity contribution is 9.10. The summed E-state index contributed by atoms with van der Waals surface area (Å²) in [5.74, 6) is 1.18. The Morgan fingerprint density at radius 1 is 1.10 bits per heavy atom. The lowest BCUT2D eigenvalue weighted by atomic mass is 10.0. The zero-order chi connectivity index (χ0) is 15.4. The average molecular weight is 349 g/mol. The highest BCUT2D eigenvalue weighted by Gasteiger charge is 2.16. The monoisotopic (exact) mass is 348 g/mol. The van der Waals surface area contributed by atoms with Gasteiger partial charge in [0.2, 0.25) is 0 Å². The zero-order valence-corrected chi connectivity index (χ0v) is 13.9. The molecule has 0 radical (unpaired) electrons. The van der Waals surface area contributed by atoms with Crippen LogP contribution in [0.1, 0.15) is 21.5 Å². The number of methoxy groups -OCH3 is 2. The van der Waals surface area contributed by atoms with E-state index in [1.165, 1.54) is 0 Å². The number of carbonyl (C=O) groups is 1. The van der Waals surface area contributed by atoms with Crippen LogP contribution in [0, 0.1) is 6.92 Å². The summed E-state index contributed by atoms with van der Waals surface area (Å²) in [5.41, 5.74) is 2.74. The Labute approximate surface area is 133 Å². The molecule has 2 aromatic carbocycles. The molecule has 0 amide bonds. The molecule has 3 nitrogen and oxygen atoms in total. The second-order valence-electron chi connectivity index (χ2n) is 4.78. The van der Waals surface area contributed by atoms with Crippen molar-refractivity contribution < 1.29 is 14.3 Å². The normalized spacial score (nSPS) is 10.3. The molecular weight excluding hydrogens is 332 g/mol. The van der Waals surface area contributed by atoms with Crippen molar-refractivity contribution in [1.29, 1.82) is 0 Å². The Morgan fingerprint density at radius 3 is 2.38 bits per heavy atom. The van der Waals surface area contributed by atoms with Crippen LogP contribution < -0.4 is 9.47 Å². The SMILES string of the molecule is COc1cc(Br)c(C(=O)Cc2cccc(C)c2)cc1OC. The van der Waals surface area contributed by atoms with Gasteiger partial charge in [-0.25, -0.2) is 0 Å². The summed E-state index contributed by atoms with van der Waals surface area (Å²) in [6.45, 7) is 2.01. The van der Waals surface area contributed by atoms with Crippen molar-refractivity contribution in [1.82, 2.24) is 0 Å². The molecule has 4 heteroatoms. The van der Waals surface area contributed by atoms with E-state index in [1.54, 1.807) is 26.4 Å². The number of hydrogen-bond donors (Lipinski definition) is 0. The highest BCUT2D eigenvalue weighted by atomic mass is 79.9. The minimum Gasteiger partial charge on any atom is -0.493 e. The number of carbonyl (C=O) groups excluding carboxylic acids is 1. The third-order valence-electron chi connectivity index (χ3n) is 3.22. The number of hydrogen-bond acceptors (Lipinski definition) is 3. The van der Waals surface area contributed by atoms with Crippen LogP contribution in [0.25, 0.3) is 0 Å². The lowest BCUT2D eigenvalue weighted by Crippen LogP contribution is -2.06. The zero-order valence-electron chi connectivity index (χ0n) is 12.3. The van der Waals surface area contributed by atoms with Gasteiger partial charge in [-0.3, -0.25) is 4.79 Å². The molecule has 0 aliphatic rings. The third-order valence-corrected chi connectivity index (χ3v) is 3.88. The largest absolute Gasteiger partial charge is 0.493 e. The predicted molar refractivity (Wildman–Crippen MR) is 86.5 cm³/mol. The topological polar surface area (TPSA) is 35.5 Å². The fourth-order valence-corrected chi connectivity index (χ4v) is 2.71. The maximum Gasteiger partial charge on any atom is 0.168 e. The smallest absolute Gasteiger partial charge is 0.168 e. The predicted octanol–water partition coefficient (Wildman–Crippen LogP) is 4.20. The van der Waals surface area contributed by atoms with E-state index >= 15 is 0 Å². The van der Waals surface area contributed by atoms with E-state index in [0.29, 0.717) is 28.0 Å².